The molecule has 0 aromatic heterocycles. The van der Waals surface area contributed by atoms with Crippen molar-refractivity contribution in [1.29, 1.82) is 0 Å². The molecule has 7 nitrogen and oxygen atoms in total. The first-order valence-corrected chi connectivity index (χ1v) is 7.27. The van der Waals surface area contributed by atoms with Crippen LogP contribution in [-0.2, 0) is 4.74 Å². The molecule has 0 radical (unpaired) electrons. The quantitative estimate of drug-likeness (QED) is 0.438. The standard InChI is InChI=1S/C15H23N3O4/c1-11(2)10-22-8-4-7-16-15(19)17-14-9-13(18(20)21)6-5-12(14)3/h5-6,9,11H,4,7-8,10H2,1-3H3,(H2,16,17,19). The number of benzene rings is 1. The Bertz CT molecular complexity index is 518. The summed E-state index contributed by atoms with van der Waals surface area (Å²) in [5.74, 6) is 0.494. The molecule has 122 valence electrons. The van der Waals surface area contributed by atoms with Gasteiger partial charge in [0.2, 0.25) is 0 Å². The van der Waals surface area contributed by atoms with Crippen molar-refractivity contribution >= 4 is 17.4 Å². The van der Waals surface area contributed by atoms with E-state index in [0.717, 1.165) is 5.56 Å². The summed E-state index contributed by atoms with van der Waals surface area (Å²) in [6, 6.07) is 3.98. The van der Waals surface area contributed by atoms with Crippen LogP contribution in [0.4, 0.5) is 16.2 Å². The van der Waals surface area contributed by atoms with E-state index < -0.39 is 4.92 Å². The SMILES string of the molecule is Cc1ccc([N+](=O)[O-])cc1NC(=O)NCCCOCC(C)C. The van der Waals surface area contributed by atoms with Crippen molar-refractivity contribution in [2.75, 3.05) is 25.1 Å². The third-order valence-electron chi connectivity index (χ3n) is 2.88. The van der Waals surface area contributed by atoms with Crippen molar-refractivity contribution in [2.45, 2.75) is 27.2 Å². The van der Waals surface area contributed by atoms with Gasteiger partial charge in [-0.3, -0.25) is 10.1 Å². The smallest absolute Gasteiger partial charge is 0.319 e. The summed E-state index contributed by atoms with van der Waals surface area (Å²) in [6.07, 6.45) is 0.716. The van der Waals surface area contributed by atoms with E-state index in [0.29, 0.717) is 37.8 Å². The summed E-state index contributed by atoms with van der Waals surface area (Å²) in [5, 5.41) is 16.0. The third kappa shape index (κ3) is 6.53. The maximum Gasteiger partial charge on any atom is 0.319 e. The largest absolute Gasteiger partial charge is 0.381 e. The zero-order valence-electron chi connectivity index (χ0n) is 13.2. The molecule has 2 amide bonds. The fourth-order valence-corrected chi connectivity index (χ4v) is 1.72. The molecule has 22 heavy (non-hydrogen) atoms. The Labute approximate surface area is 130 Å². The molecule has 0 heterocycles. The number of anilines is 1. The number of amides is 2. The van der Waals surface area contributed by atoms with Crippen molar-refractivity contribution in [3.8, 4) is 0 Å². The van der Waals surface area contributed by atoms with Gasteiger partial charge in [0.25, 0.3) is 5.69 Å². The van der Waals surface area contributed by atoms with Gasteiger partial charge in [0.05, 0.1) is 10.6 Å². The molecule has 0 saturated carbocycles. The van der Waals surface area contributed by atoms with Gasteiger partial charge in [0.15, 0.2) is 0 Å². The molecule has 7 heteroatoms. The van der Waals surface area contributed by atoms with E-state index in [4.69, 9.17) is 4.74 Å². The van der Waals surface area contributed by atoms with Crippen LogP contribution in [0.3, 0.4) is 0 Å². The van der Waals surface area contributed by atoms with E-state index in [1.54, 1.807) is 13.0 Å². The molecular weight excluding hydrogens is 286 g/mol. The van der Waals surface area contributed by atoms with Gasteiger partial charge in [-0.05, 0) is 24.8 Å². The van der Waals surface area contributed by atoms with E-state index in [-0.39, 0.29) is 11.7 Å². The molecule has 0 atom stereocenters. The number of carbonyl (C=O) groups excluding carboxylic acids is 1. The third-order valence-corrected chi connectivity index (χ3v) is 2.88. The molecule has 1 aromatic rings. The van der Waals surface area contributed by atoms with Gasteiger partial charge in [0.1, 0.15) is 0 Å². The van der Waals surface area contributed by atoms with Gasteiger partial charge in [-0.25, -0.2) is 4.79 Å². The second kappa shape index (κ2) is 8.99. The Morgan fingerprint density at radius 2 is 2.14 bits per heavy atom. The van der Waals surface area contributed by atoms with Crippen LogP contribution < -0.4 is 10.6 Å². The van der Waals surface area contributed by atoms with E-state index in [1.165, 1.54) is 12.1 Å². The van der Waals surface area contributed by atoms with Crippen molar-refractivity contribution in [3.63, 3.8) is 0 Å². The van der Waals surface area contributed by atoms with Crippen LogP contribution in [0.15, 0.2) is 18.2 Å². The highest BCUT2D eigenvalue weighted by Crippen LogP contribution is 2.21. The van der Waals surface area contributed by atoms with E-state index in [9.17, 15) is 14.9 Å². The maximum atomic E-state index is 11.8. The summed E-state index contributed by atoms with van der Waals surface area (Å²) in [4.78, 5) is 22.0. The lowest BCUT2D eigenvalue weighted by Gasteiger charge is -2.10. The molecule has 1 aromatic carbocycles. The average Bonchev–Trinajstić information content (AvgIpc) is 2.44. The highest BCUT2D eigenvalue weighted by Gasteiger charge is 2.10. The molecule has 0 aliphatic heterocycles. The number of hydrogen-bond donors (Lipinski definition) is 2. The van der Waals surface area contributed by atoms with Crippen LogP contribution in [-0.4, -0.2) is 30.7 Å². The lowest BCUT2D eigenvalue weighted by Crippen LogP contribution is -2.30. The fourth-order valence-electron chi connectivity index (χ4n) is 1.72. The predicted octanol–water partition coefficient (Wildman–Crippen LogP) is 3.09. The predicted molar refractivity (Wildman–Crippen MR) is 85.1 cm³/mol. The number of nitrogens with zero attached hydrogens (tertiary/aromatic N) is 1. The number of nitrogens with one attached hydrogen (secondary N) is 2. The number of non-ortho nitro benzene ring substituents is 1. The minimum atomic E-state index is -0.491. The molecule has 0 unspecified atom stereocenters. The molecular formula is C15H23N3O4. The number of nitro groups is 1. The monoisotopic (exact) mass is 309 g/mol. The van der Waals surface area contributed by atoms with Crippen LogP contribution >= 0.6 is 0 Å². The Kier molecular flexibility index (Phi) is 7.31. The second-order valence-electron chi connectivity index (χ2n) is 5.46. The molecule has 0 saturated heterocycles. The lowest BCUT2D eigenvalue weighted by atomic mass is 10.2. The molecule has 0 bridgehead atoms. The van der Waals surface area contributed by atoms with Crippen molar-refractivity contribution in [2.24, 2.45) is 5.92 Å². The molecule has 1 rings (SSSR count). The van der Waals surface area contributed by atoms with Crippen LogP contribution in [0.5, 0.6) is 0 Å². The Hall–Kier alpha value is -2.15. The summed E-state index contributed by atoms with van der Waals surface area (Å²) < 4.78 is 5.41. The van der Waals surface area contributed by atoms with E-state index >= 15 is 0 Å². The van der Waals surface area contributed by atoms with Crippen LogP contribution in [0, 0.1) is 23.0 Å². The number of ether oxygens (including phenoxy) is 1. The normalized spacial score (nSPS) is 10.5. The number of carbonyl (C=O) groups is 1. The van der Waals surface area contributed by atoms with Gasteiger partial charge >= 0.3 is 6.03 Å². The van der Waals surface area contributed by atoms with Gasteiger partial charge in [-0.15, -0.1) is 0 Å². The summed E-state index contributed by atoms with van der Waals surface area (Å²) in [5.41, 5.74) is 1.15. The molecule has 0 aliphatic carbocycles. The Balaban J connectivity index is 2.36. The topological polar surface area (TPSA) is 93.5 Å². The number of hydrogen-bond acceptors (Lipinski definition) is 4. The summed E-state index contributed by atoms with van der Waals surface area (Å²) >= 11 is 0. The minimum Gasteiger partial charge on any atom is -0.381 e. The molecule has 0 spiro atoms. The highest BCUT2D eigenvalue weighted by molar-refractivity contribution is 5.90. The number of urea groups is 1. The number of rotatable bonds is 8. The van der Waals surface area contributed by atoms with Crippen LogP contribution in [0.1, 0.15) is 25.8 Å². The number of aryl methyl sites for hydroxylation is 1. The second-order valence-corrected chi connectivity index (χ2v) is 5.46. The minimum absolute atomic E-state index is 0.0528. The average molecular weight is 309 g/mol. The van der Waals surface area contributed by atoms with E-state index in [1.807, 2.05) is 0 Å². The Morgan fingerprint density at radius 1 is 1.41 bits per heavy atom. The first kappa shape index (κ1) is 17.9. The first-order chi connectivity index (χ1) is 10.4. The van der Waals surface area contributed by atoms with Gasteiger partial charge in [-0.1, -0.05) is 19.9 Å². The molecule has 2 N–H and O–H groups in total. The summed E-state index contributed by atoms with van der Waals surface area (Å²) in [6.45, 7) is 7.71. The van der Waals surface area contributed by atoms with Crippen LogP contribution in [0.2, 0.25) is 0 Å². The van der Waals surface area contributed by atoms with Crippen molar-refractivity contribution in [1.82, 2.24) is 5.32 Å². The maximum absolute atomic E-state index is 11.8. The van der Waals surface area contributed by atoms with Gasteiger partial charge in [-0.2, -0.15) is 0 Å². The Morgan fingerprint density at radius 3 is 2.77 bits per heavy atom. The van der Waals surface area contributed by atoms with Crippen LogP contribution in [0.25, 0.3) is 0 Å². The fraction of sp³-hybridized carbons (Fsp3) is 0.533. The first-order valence-electron chi connectivity index (χ1n) is 7.27. The van der Waals surface area contributed by atoms with Gasteiger partial charge in [0, 0.05) is 31.9 Å². The lowest BCUT2D eigenvalue weighted by molar-refractivity contribution is -0.384. The molecule has 0 aliphatic rings. The highest BCUT2D eigenvalue weighted by atomic mass is 16.6. The van der Waals surface area contributed by atoms with Crippen molar-refractivity contribution in [3.05, 3.63) is 33.9 Å². The zero-order chi connectivity index (χ0) is 16.5. The molecule has 0 fully saturated rings. The van der Waals surface area contributed by atoms with Gasteiger partial charge < -0.3 is 15.4 Å². The number of nitro benzene ring substituents is 1. The van der Waals surface area contributed by atoms with Crippen molar-refractivity contribution < 1.29 is 14.5 Å². The summed E-state index contributed by atoms with van der Waals surface area (Å²) in [7, 11) is 0. The van der Waals surface area contributed by atoms with E-state index in [2.05, 4.69) is 24.5 Å². The zero-order valence-corrected chi connectivity index (χ0v) is 13.2.